The molecule has 2 aromatic carbocycles. The number of aromatic nitrogens is 1. The molecule has 1 aromatic heterocycles. The van der Waals surface area contributed by atoms with Crippen molar-refractivity contribution in [3.05, 3.63) is 70.9 Å². The third-order valence-electron chi connectivity index (χ3n) is 4.74. The second-order valence-electron chi connectivity index (χ2n) is 6.42. The summed E-state index contributed by atoms with van der Waals surface area (Å²) in [6, 6.07) is 14.2. The average molecular weight is 304 g/mol. The molecule has 2 heterocycles. The summed E-state index contributed by atoms with van der Waals surface area (Å²) in [5, 5.41) is 1.33. The summed E-state index contributed by atoms with van der Waals surface area (Å²) in [7, 11) is 2.09. The molecule has 4 rings (SSSR count). The van der Waals surface area contributed by atoms with Crippen LogP contribution >= 0.6 is 0 Å². The monoisotopic (exact) mass is 304 g/mol. The molecule has 0 saturated carbocycles. The Hall–Kier alpha value is -2.55. The lowest BCUT2D eigenvalue weighted by Gasteiger charge is -2.21. The van der Waals surface area contributed by atoms with Gasteiger partial charge in [-0.25, -0.2) is 0 Å². The van der Waals surface area contributed by atoms with Crippen LogP contribution in [-0.2, 0) is 20.0 Å². The lowest BCUT2D eigenvalue weighted by Crippen LogP contribution is -2.31. The van der Waals surface area contributed by atoms with Crippen LogP contribution in [0, 0.1) is 6.92 Å². The smallest absolute Gasteiger partial charge is 0.254 e. The Balaban J connectivity index is 1.72. The summed E-state index contributed by atoms with van der Waals surface area (Å²) >= 11 is 0. The van der Waals surface area contributed by atoms with Crippen LogP contribution in [0.4, 0.5) is 0 Å². The van der Waals surface area contributed by atoms with E-state index in [1.165, 1.54) is 22.0 Å². The fourth-order valence-corrected chi connectivity index (χ4v) is 3.61. The molecule has 0 fully saturated rings. The van der Waals surface area contributed by atoms with E-state index in [-0.39, 0.29) is 5.91 Å². The van der Waals surface area contributed by atoms with Gasteiger partial charge in [0, 0.05) is 42.8 Å². The highest BCUT2D eigenvalue weighted by Crippen LogP contribution is 2.29. The number of nitrogens with zero attached hydrogens (tertiary/aromatic N) is 2. The second kappa shape index (κ2) is 5.27. The van der Waals surface area contributed by atoms with E-state index >= 15 is 0 Å². The van der Waals surface area contributed by atoms with Crippen LogP contribution in [0.25, 0.3) is 10.9 Å². The fraction of sp³-hybridized carbons (Fsp3) is 0.250. The number of hydrogen-bond acceptors (Lipinski definition) is 1. The minimum atomic E-state index is 0.125. The van der Waals surface area contributed by atoms with E-state index in [2.05, 4.69) is 36.0 Å². The Kier molecular flexibility index (Phi) is 3.22. The van der Waals surface area contributed by atoms with Gasteiger partial charge in [-0.05, 0) is 42.7 Å². The molecule has 0 unspecified atom stereocenters. The third kappa shape index (κ3) is 2.33. The van der Waals surface area contributed by atoms with Crippen molar-refractivity contribution in [2.75, 3.05) is 6.54 Å². The van der Waals surface area contributed by atoms with Crippen LogP contribution in [0.3, 0.4) is 0 Å². The number of carbonyl (C=O) groups is 1. The number of amides is 1. The highest BCUT2D eigenvalue weighted by molar-refractivity contribution is 5.95. The molecule has 0 aliphatic carbocycles. The zero-order valence-electron chi connectivity index (χ0n) is 13.5. The average Bonchev–Trinajstić information content (AvgIpc) is 2.76. The van der Waals surface area contributed by atoms with Gasteiger partial charge < -0.3 is 9.47 Å². The van der Waals surface area contributed by atoms with Crippen LogP contribution in [0.15, 0.2) is 48.7 Å². The fourth-order valence-electron chi connectivity index (χ4n) is 3.61. The zero-order valence-corrected chi connectivity index (χ0v) is 13.5. The molecular weight excluding hydrogens is 284 g/mol. The highest BCUT2D eigenvalue weighted by Gasteiger charge is 2.22. The number of carbonyl (C=O) groups excluding carboxylic acids is 1. The van der Waals surface area contributed by atoms with E-state index in [0.717, 1.165) is 24.1 Å². The topological polar surface area (TPSA) is 25.2 Å². The predicted octanol–water partition coefficient (Wildman–Crippen LogP) is 3.69. The van der Waals surface area contributed by atoms with Gasteiger partial charge in [-0.15, -0.1) is 0 Å². The molecule has 0 atom stereocenters. The highest BCUT2D eigenvalue weighted by atomic mass is 16.2. The molecule has 3 heteroatoms. The first kappa shape index (κ1) is 14.1. The van der Waals surface area contributed by atoms with Crippen molar-refractivity contribution >= 4 is 16.8 Å². The van der Waals surface area contributed by atoms with Crippen LogP contribution in [-0.4, -0.2) is 21.9 Å². The summed E-state index contributed by atoms with van der Waals surface area (Å²) in [6.45, 7) is 3.47. The van der Waals surface area contributed by atoms with E-state index in [1.54, 1.807) is 0 Å². The maximum Gasteiger partial charge on any atom is 0.254 e. The Morgan fingerprint density at radius 1 is 1.09 bits per heavy atom. The van der Waals surface area contributed by atoms with Gasteiger partial charge in [0.1, 0.15) is 0 Å². The van der Waals surface area contributed by atoms with Gasteiger partial charge in [0.05, 0.1) is 0 Å². The number of aryl methyl sites for hydroxylation is 2. The molecule has 0 spiro atoms. The molecule has 0 bridgehead atoms. The number of hydrogen-bond donors (Lipinski definition) is 0. The molecule has 3 aromatic rings. The Morgan fingerprint density at radius 2 is 1.91 bits per heavy atom. The van der Waals surface area contributed by atoms with Gasteiger partial charge in [0.25, 0.3) is 5.91 Å². The van der Waals surface area contributed by atoms with Crippen LogP contribution in [0.2, 0.25) is 0 Å². The quantitative estimate of drug-likeness (QED) is 0.673. The van der Waals surface area contributed by atoms with Crippen molar-refractivity contribution < 1.29 is 4.79 Å². The van der Waals surface area contributed by atoms with Crippen molar-refractivity contribution in [3.8, 4) is 0 Å². The standard InChI is InChI=1S/C20H20N2O/c1-14-5-3-6-15(11-14)20(23)22-10-9-17-12-21(2)18-8-4-7-16(13-22)19(17)18/h3-8,11-12H,9-10,13H2,1-2H3. The normalized spacial score (nSPS) is 14.1. The van der Waals surface area contributed by atoms with Crippen LogP contribution in [0.1, 0.15) is 27.0 Å². The van der Waals surface area contributed by atoms with E-state index in [4.69, 9.17) is 0 Å². The van der Waals surface area contributed by atoms with Crippen LogP contribution < -0.4 is 0 Å². The summed E-state index contributed by atoms with van der Waals surface area (Å²) in [5.74, 6) is 0.125. The lowest BCUT2D eigenvalue weighted by atomic mass is 10.1. The zero-order chi connectivity index (χ0) is 16.0. The molecule has 0 radical (unpaired) electrons. The first-order valence-corrected chi connectivity index (χ1v) is 8.05. The van der Waals surface area contributed by atoms with Gasteiger partial charge in [-0.3, -0.25) is 4.79 Å². The second-order valence-corrected chi connectivity index (χ2v) is 6.42. The first-order chi connectivity index (χ1) is 11.1. The predicted molar refractivity (Wildman–Crippen MR) is 92.5 cm³/mol. The van der Waals surface area contributed by atoms with Crippen LogP contribution in [0.5, 0.6) is 0 Å². The van der Waals surface area contributed by atoms with Gasteiger partial charge in [-0.1, -0.05) is 29.8 Å². The Labute approximate surface area is 136 Å². The minimum Gasteiger partial charge on any atom is -0.350 e. The maximum atomic E-state index is 12.9. The maximum absolute atomic E-state index is 12.9. The summed E-state index contributed by atoms with van der Waals surface area (Å²) in [4.78, 5) is 14.9. The van der Waals surface area contributed by atoms with Gasteiger partial charge in [0.15, 0.2) is 0 Å². The molecule has 1 amide bonds. The molecule has 23 heavy (non-hydrogen) atoms. The van der Waals surface area contributed by atoms with Crippen molar-refractivity contribution in [3.63, 3.8) is 0 Å². The first-order valence-electron chi connectivity index (χ1n) is 8.05. The number of benzene rings is 2. The Bertz CT molecular complexity index is 907. The Morgan fingerprint density at radius 3 is 2.74 bits per heavy atom. The number of rotatable bonds is 1. The minimum absolute atomic E-state index is 0.125. The molecule has 1 aliphatic rings. The van der Waals surface area contributed by atoms with Gasteiger partial charge in [-0.2, -0.15) is 0 Å². The van der Waals surface area contributed by atoms with Gasteiger partial charge >= 0.3 is 0 Å². The van der Waals surface area contributed by atoms with E-state index in [0.29, 0.717) is 6.54 Å². The van der Waals surface area contributed by atoms with Crippen molar-refractivity contribution in [1.29, 1.82) is 0 Å². The molecule has 1 aliphatic heterocycles. The third-order valence-corrected chi connectivity index (χ3v) is 4.74. The SMILES string of the molecule is Cc1cccc(C(=O)N2CCc3cn(C)c4cccc(c34)C2)c1. The molecule has 3 nitrogen and oxygen atoms in total. The molecule has 116 valence electrons. The van der Waals surface area contributed by atoms with E-state index in [9.17, 15) is 4.79 Å². The summed E-state index contributed by atoms with van der Waals surface area (Å²) in [6.07, 6.45) is 3.11. The lowest BCUT2D eigenvalue weighted by molar-refractivity contribution is 0.0747. The summed E-state index contributed by atoms with van der Waals surface area (Å²) in [5.41, 5.74) is 5.75. The van der Waals surface area contributed by atoms with Gasteiger partial charge in [0.2, 0.25) is 0 Å². The summed E-state index contributed by atoms with van der Waals surface area (Å²) < 4.78 is 2.19. The van der Waals surface area contributed by atoms with E-state index < -0.39 is 0 Å². The largest absolute Gasteiger partial charge is 0.350 e. The van der Waals surface area contributed by atoms with Crippen molar-refractivity contribution in [2.45, 2.75) is 19.9 Å². The van der Waals surface area contributed by atoms with Crippen molar-refractivity contribution in [2.24, 2.45) is 7.05 Å². The van der Waals surface area contributed by atoms with E-state index in [1.807, 2.05) is 36.1 Å². The van der Waals surface area contributed by atoms with Crippen molar-refractivity contribution in [1.82, 2.24) is 9.47 Å². The molecular formula is C20H20N2O. The molecule has 0 saturated heterocycles. The molecule has 0 N–H and O–H groups in total.